The van der Waals surface area contributed by atoms with E-state index >= 15 is 0 Å². The summed E-state index contributed by atoms with van der Waals surface area (Å²) >= 11 is 0. The summed E-state index contributed by atoms with van der Waals surface area (Å²) in [6.45, 7) is 3.11. The van der Waals surface area contributed by atoms with Crippen LogP contribution in [-0.4, -0.2) is 18.0 Å². The molecule has 0 saturated heterocycles. The van der Waals surface area contributed by atoms with Gasteiger partial charge in [-0.15, -0.1) is 0 Å². The first-order chi connectivity index (χ1) is 12.2. The first kappa shape index (κ1) is 20.1. The van der Waals surface area contributed by atoms with Crippen LogP contribution in [0.5, 0.6) is 0 Å². The minimum atomic E-state index is -4.53. The van der Waals surface area contributed by atoms with Crippen LogP contribution in [0.2, 0.25) is 0 Å². The Morgan fingerprint density at radius 1 is 1.00 bits per heavy atom. The first-order valence-electron chi connectivity index (χ1n) is 8.41. The largest absolute Gasteiger partial charge is 0.407 e. The normalized spacial score (nSPS) is 14.1. The van der Waals surface area contributed by atoms with Crippen LogP contribution in [0.3, 0.4) is 0 Å². The van der Waals surface area contributed by atoms with Crippen molar-refractivity contribution in [3.05, 3.63) is 59.9 Å². The number of carbonyl (C=O) groups excluding carboxylic acids is 1. The molecule has 26 heavy (non-hydrogen) atoms. The summed E-state index contributed by atoms with van der Waals surface area (Å²) in [6, 6.07) is 8.84. The molecule has 1 N–H and O–H groups in total. The van der Waals surface area contributed by atoms with Crippen molar-refractivity contribution in [3.8, 4) is 11.1 Å². The van der Waals surface area contributed by atoms with Gasteiger partial charge < -0.3 is 0 Å². The van der Waals surface area contributed by atoms with E-state index in [1.807, 2.05) is 6.92 Å². The highest BCUT2D eigenvalue weighted by Crippen LogP contribution is 2.34. The van der Waals surface area contributed by atoms with E-state index in [0.717, 1.165) is 0 Å². The molecule has 1 unspecified atom stereocenters. The highest BCUT2D eigenvalue weighted by Gasteiger charge is 2.42. The van der Waals surface area contributed by atoms with Gasteiger partial charge in [0.2, 0.25) is 0 Å². The molecule has 0 radical (unpaired) electrons. The number of benzene rings is 2. The Labute approximate surface area is 150 Å². The van der Waals surface area contributed by atoms with E-state index < -0.39 is 18.3 Å². The molecule has 0 fully saturated rings. The maximum Gasteiger partial charge on any atom is 0.407 e. The number of nitrogens with one attached hydrogen (secondary N) is 1. The van der Waals surface area contributed by atoms with Gasteiger partial charge in [0, 0.05) is 0 Å². The molecule has 2 aromatic rings. The molecule has 0 aromatic heterocycles. The lowest BCUT2D eigenvalue weighted by molar-refractivity contribution is -0.160. The second-order valence-electron chi connectivity index (χ2n) is 6.22. The molecule has 0 bridgehead atoms. The fourth-order valence-electron chi connectivity index (χ4n) is 2.78. The van der Waals surface area contributed by atoms with Gasteiger partial charge in [-0.25, -0.2) is 4.39 Å². The number of halogens is 4. The molecule has 0 aliphatic heterocycles. The average molecular weight is 367 g/mol. The molecule has 0 heterocycles. The Morgan fingerprint density at radius 2 is 1.50 bits per heavy atom. The van der Waals surface area contributed by atoms with Crippen molar-refractivity contribution < 1.29 is 22.4 Å². The second-order valence-corrected chi connectivity index (χ2v) is 6.22. The van der Waals surface area contributed by atoms with Crippen LogP contribution < -0.4 is 5.32 Å². The van der Waals surface area contributed by atoms with Crippen LogP contribution >= 0.6 is 0 Å². The fourth-order valence-corrected chi connectivity index (χ4v) is 2.78. The summed E-state index contributed by atoms with van der Waals surface area (Å²) in [7, 11) is 0. The number of ketones is 1. The highest BCUT2D eigenvalue weighted by molar-refractivity contribution is 5.81. The highest BCUT2D eigenvalue weighted by atomic mass is 19.4. The second kappa shape index (κ2) is 8.45. The quantitative estimate of drug-likeness (QED) is 0.660. The van der Waals surface area contributed by atoms with Crippen LogP contribution in [0.4, 0.5) is 17.6 Å². The average Bonchev–Trinajstić information content (AvgIpc) is 2.58. The van der Waals surface area contributed by atoms with Crippen molar-refractivity contribution in [1.29, 1.82) is 0 Å². The van der Waals surface area contributed by atoms with Gasteiger partial charge in [-0.05, 0) is 42.2 Å². The maximum absolute atomic E-state index is 13.5. The van der Waals surface area contributed by atoms with E-state index in [0.29, 0.717) is 24.0 Å². The smallest absolute Gasteiger partial charge is 0.298 e. The SMILES string of the molecule is CCCC(N[C@@H](c1ccc(-c2ccc(F)cc2)cc1)C(F)(F)F)C(C)=O. The minimum Gasteiger partial charge on any atom is -0.298 e. The topological polar surface area (TPSA) is 29.1 Å². The Balaban J connectivity index is 2.28. The number of carbonyl (C=O) groups is 1. The molecule has 6 heteroatoms. The maximum atomic E-state index is 13.5. The zero-order valence-electron chi connectivity index (χ0n) is 14.6. The van der Waals surface area contributed by atoms with Crippen molar-refractivity contribution in [1.82, 2.24) is 5.32 Å². The summed E-state index contributed by atoms with van der Waals surface area (Å²) in [4.78, 5) is 11.6. The van der Waals surface area contributed by atoms with Gasteiger partial charge in [0.25, 0.3) is 0 Å². The molecule has 0 aliphatic carbocycles. The summed E-state index contributed by atoms with van der Waals surface area (Å²) in [5.41, 5.74) is 1.43. The Bertz CT molecular complexity index is 723. The zero-order chi connectivity index (χ0) is 19.3. The third kappa shape index (κ3) is 5.14. The summed E-state index contributed by atoms with van der Waals surface area (Å²) in [6.07, 6.45) is -3.58. The molecule has 2 nitrogen and oxygen atoms in total. The van der Waals surface area contributed by atoms with E-state index in [1.54, 1.807) is 24.3 Å². The predicted octanol–water partition coefficient (Wildman–Crippen LogP) is 5.44. The third-order valence-electron chi connectivity index (χ3n) is 4.18. The molecule has 140 valence electrons. The Kier molecular flexibility index (Phi) is 6.53. The van der Waals surface area contributed by atoms with Crippen LogP contribution in [0.25, 0.3) is 11.1 Å². The molecule has 2 rings (SSSR count). The van der Waals surface area contributed by atoms with Crippen LogP contribution in [-0.2, 0) is 4.79 Å². The van der Waals surface area contributed by atoms with Crippen molar-refractivity contribution in [2.75, 3.05) is 0 Å². The number of rotatable bonds is 7. The molecule has 2 atom stereocenters. The standard InChI is InChI=1S/C20H21F4NO/c1-3-4-18(13(2)26)25-19(20(22,23)24)16-7-5-14(6-8-16)15-9-11-17(21)12-10-15/h5-12,18-19,25H,3-4H2,1-2H3/t18?,19-/m0/s1. The van der Waals surface area contributed by atoms with E-state index in [9.17, 15) is 22.4 Å². The minimum absolute atomic E-state index is 0.0331. The number of Topliss-reactive ketones (excluding diaryl/α,β-unsaturated/α-hetero) is 1. The summed E-state index contributed by atoms with van der Waals surface area (Å²) in [5.74, 6) is -0.693. The number of hydrogen-bond donors (Lipinski definition) is 1. The van der Waals surface area contributed by atoms with E-state index in [4.69, 9.17) is 0 Å². The Hall–Kier alpha value is -2.21. The number of hydrogen-bond acceptors (Lipinski definition) is 2. The van der Waals surface area contributed by atoms with Crippen molar-refractivity contribution >= 4 is 5.78 Å². The van der Waals surface area contributed by atoms with Crippen molar-refractivity contribution in [2.24, 2.45) is 0 Å². The molecule has 0 amide bonds. The van der Waals surface area contributed by atoms with Crippen LogP contribution in [0.1, 0.15) is 38.3 Å². The lowest BCUT2D eigenvalue weighted by atomic mass is 9.98. The van der Waals surface area contributed by atoms with Crippen molar-refractivity contribution in [3.63, 3.8) is 0 Å². The van der Waals surface area contributed by atoms with Crippen LogP contribution in [0.15, 0.2) is 48.5 Å². The molecule has 0 saturated carbocycles. The van der Waals surface area contributed by atoms with Gasteiger partial charge in [0.05, 0.1) is 6.04 Å². The van der Waals surface area contributed by atoms with Gasteiger partial charge in [-0.2, -0.15) is 13.2 Å². The van der Waals surface area contributed by atoms with Crippen LogP contribution in [0, 0.1) is 5.82 Å². The molecule has 0 aliphatic rings. The molecular weight excluding hydrogens is 346 g/mol. The van der Waals surface area contributed by atoms with Gasteiger partial charge in [0.15, 0.2) is 0 Å². The zero-order valence-corrected chi connectivity index (χ0v) is 14.6. The predicted molar refractivity (Wildman–Crippen MR) is 93.1 cm³/mol. The molecule has 0 spiro atoms. The molecule has 2 aromatic carbocycles. The fraction of sp³-hybridized carbons (Fsp3) is 0.350. The van der Waals surface area contributed by atoms with Gasteiger partial charge in [-0.1, -0.05) is 49.7 Å². The van der Waals surface area contributed by atoms with E-state index in [-0.39, 0.29) is 17.2 Å². The van der Waals surface area contributed by atoms with E-state index in [1.165, 1.54) is 31.2 Å². The van der Waals surface area contributed by atoms with E-state index in [2.05, 4.69) is 5.32 Å². The lowest BCUT2D eigenvalue weighted by Gasteiger charge is -2.26. The summed E-state index contributed by atoms with van der Waals surface area (Å²) in [5, 5.41) is 2.45. The third-order valence-corrected chi connectivity index (χ3v) is 4.18. The lowest BCUT2D eigenvalue weighted by Crippen LogP contribution is -2.43. The Morgan fingerprint density at radius 3 is 1.92 bits per heavy atom. The molecular formula is C20H21F4NO. The summed E-state index contributed by atoms with van der Waals surface area (Å²) < 4.78 is 53.6. The monoisotopic (exact) mass is 367 g/mol. The van der Waals surface area contributed by atoms with Gasteiger partial charge in [0.1, 0.15) is 17.6 Å². The first-order valence-corrected chi connectivity index (χ1v) is 8.41. The van der Waals surface area contributed by atoms with Gasteiger partial charge in [-0.3, -0.25) is 10.1 Å². The van der Waals surface area contributed by atoms with Crippen molar-refractivity contribution in [2.45, 2.75) is 44.9 Å². The number of alkyl halides is 3. The van der Waals surface area contributed by atoms with Gasteiger partial charge >= 0.3 is 6.18 Å².